The van der Waals surface area contributed by atoms with Gasteiger partial charge in [-0.1, -0.05) is 32.3 Å². The van der Waals surface area contributed by atoms with Gasteiger partial charge in [0.15, 0.2) is 0 Å². The van der Waals surface area contributed by atoms with Crippen LogP contribution in [-0.2, 0) is 0 Å². The SMILES string of the molecule is CCCC[C@H]1CC[C@H](c2c(F)cc(-c3c(F)cccc3F)cc2F)CC1. The molecule has 0 atom stereocenters. The number of hydrogen-bond donors (Lipinski definition) is 0. The van der Waals surface area contributed by atoms with Crippen LogP contribution in [0.5, 0.6) is 0 Å². The number of halogens is 4. The van der Waals surface area contributed by atoms with Gasteiger partial charge < -0.3 is 0 Å². The molecule has 0 unspecified atom stereocenters. The van der Waals surface area contributed by atoms with Crippen LogP contribution in [0.4, 0.5) is 17.6 Å². The molecule has 0 saturated heterocycles. The van der Waals surface area contributed by atoms with Gasteiger partial charge in [-0.15, -0.1) is 0 Å². The third-order valence-electron chi connectivity index (χ3n) is 5.55. The van der Waals surface area contributed by atoms with E-state index in [9.17, 15) is 17.6 Å². The fourth-order valence-corrected chi connectivity index (χ4v) is 4.12. The van der Waals surface area contributed by atoms with E-state index in [0.717, 1.165) is 56.4 Å². The Morgan fingerprint density at radius 1 is 0.846 bits per heavy atom. The summed E-state index contributed by atoms with van der Waals surface area (Å²) in [7, 11) is 0. The molecule has 0 bridgehead atoms. The van der Waals surface area contributed by atoms with Gasteiger partial charge in [0.05, 0.1) is 5.56 Å². The van der Waals surface area contributed by atoms with Gasteiger partial charge in [0.1, 0.15) is 23.3 Å². The van der Waals surface area contributed by atoms with Gasteiger partial charge in [0.2, 0.25) is 0 Å². The number of unbranched alkanes of at least 4 members (excludes halogenated alkanes) is 1. The number of benzene rings is 2. The Kier molecular flexibility index (Phi) is 6.00. The zero-order valence-electron chi connectivity index (χ0n) is 15.0. The second-order valence-electron chi connectivity index (χ2n) is 7.31. The van der Waals surface area contributed by atoms with Crippen LogP contribution in [-0.4, -0.2) is 0 Å². The lowest BCUT2D eigenvalue weighted by molar-refractivity contribution is 0.296. The first kappa shape index (κ1) is 18.9. The Balaban J connectivity index is 1.83. The van der Waals surface area contributed by atoms with Crippen LogP contribution in [0.1, 0.15) is 63.4 Å². The molecule has 26 heavy (non-hydrogen) atoms. The molecule has 1 aliphatic carbocycles. The maximum Gasteiger partial charge on any atom is 0.133 e. The Bertz CT molecular complexity index is 717. The van der Waals surface area contributed by atoms with E-state index in [1.807, 2.05) is 0 Å². The molecule has 0 aliphatic heterocycles. The van der Waals surface area contributed by atoms with Crippen molar-refractivity contribution in [2.75, 3.05) is 0 Å². The lowest BCUT2D eigenvalue weighted by Gasteiger charge is -2.29. The van der Waals surface area contributed by atoms with E-state index in [0.29, 0.717) is 5.92 Å². The molecule has 0 radical (unpaired) electrons. The summed E-state index contributed by atoms with van der Waals surface area (Å²) in [5.41, 5.74) is -0.421. The molecule has 1 saturated carbocycles. The van der Waals surface area contributed by atoms with E-state index in [1.54, 1.807) is 0 Å². The highest BCUT2D eigenvalue weighted by Gasteiger charge is 2.27. The van der Waals surface area contributed by atoms with Crippen LogP contribution >= 0.6 is 0 Å². The van der Waals surface area contributed by atoms with Crippen molar-refractivity contribution >= 4 is 0 Å². The third kappa shape index (κ3) is 3.94. The normalized spacial score (nSPS) is 20.3. The topological polar surface area (TPSA) is 0 Å². The third-order valence-corrected chi connectivity index (χ3v) is 5.55. The molecule has 140 valence electrons. The summed E-state index contributed by atoms with van der Waals surface area (Å²) in [5.74, 6) is -2.59. The van der Waals surface area contributed by atoms with Crippen LogP contribution in [0.3, 0.4) is 0 Å². The standard InChI is InChI=1S/C22H24F4/c1-2-3-5-14-8-10-15(11-9-14)21-19(25)12-16(13-20(21)26)22-17(23)6-4-7-18(22)24/h4,6-7,12-15H,2-3,5,8-11H2,1H3/t14-,15-. The molecule has 1 aliphatic rings. The Morgan fingerprint density at radius 3 is 1.96 bits per heavy atom. The van der Waals surface area contributed by atoms with Crippen molar-refractivity contribution in [2.45, 2.75) is 57.8 Å². The largest absolute Gasteiger partial charge is 0.207 e. The molecule has 1 fully saturated rings. The first-order chi connectivity index (χ1) is 12.5. The zero-order valence-corrected chi connectivity index (χ0v) is 15.0. The minimum Gasteiger partial charge on any atom is -0.207 e. The summed E-state index contributed by atoms with van der Waals surface area (Å²) in [6, 6.07) is 5.51. The van der Waals surface area contributed by atoms with Gasteiger partial charge in [-0.2, -0.15) is 0 Å². The minimum absolute atomic E-state index is 0.0689. The van der Waals surface area contributed by atoms with Crippen molar-refractivity contribution in [2.24, 2.45) is 5.92 Å². The van der Waals surface area contributed by atoms with Crippen LogP contribution in [0.25, 0.3) is 11.1 Å². The van der Waals surface area contributed by atoms with Crippen LogP contribution < -0.4 is 0 Å². The highest BCUT2D eigenvalue weighted by Crippen LogP contribution is 2.41. The summed E-state index contributed by atoms with van der Waals surface area (Å²) >= 11 is 0. The van der Waals surface area contributed by atoms with E-state index in [4.69, 9.17) is 0 Å². The van der Waals surface area contributed by atoms with E-state index in [2.05, 4.69) is 6.92 Å². The Hall–Kier alpha value is -1.84. The lowest BCUT2D eigenvalue weighted by atomic mass is 9.76. The highest BCUT2D eigenvalue weighted by atomic mass is 19.1. The monoisotopic (exact) mass is 364 g/mol. The maximum absolute atomic E-state index is 14.7. The minimum atomic E-state index is -0.826. The molecule has 0 heterocycles. The molecule has 0 spiro atoms. The Labute approximate surface area is 152 Å². The zero-order chi connectivity index (χ0) is 18.7. The fourth-order valence-electron chi connectivity index (χ4n) is 4.12. The fraction of sp³-hybridized carbons (Fsp3) is 0.455. The van der Waals surface area contributed by atoms with Gasteiger partial charge in [-0.3, -0.25) is 0 Å². The van der Waals surface area contributed by atoms with E-state index in [1.165, 1.54) is 18.9 Å². The number of rotatable bonds is 5. The van der Waals surface area contributed by atoms with Crippen molar-refractivity contribution in [1.82, 2.24) is 0 Å². The van der Waals surface area contributed by atoms with E-state index < -0.39 is 23.3 Å². The smallest absolute Gasteiger partial charge is 0.133 e. The number of hydrogen-bond acceptors (Lipinski definition) is 0. The quantitative estimate of drug-likeness (QED) is 0.486. The molecule has 0 N–H and O–H groups in total. The van der Waals surface area contributed by atoms with Crippen molar-refractivity contribution in [3.8, 4) is 11.1 Å². The summed E-state index contributed by atoms with van der Waals surface area (Å²) in [5, 5.41) is 0. The second kappa shape index (κ2) is 8.24. The van der Waals surface area contributed by atoms with Crippen molar-refractivity contribution in [3.63, 3.8) is 0 Å². The van der Waals surface area contributed by atoms with E-state index in [-0.39, 0.29) is 22.6 Å². The molecule has 0 aromatic heterocycles. The predicted molar refractivity (Wildman–Crippen MR) is 95.9 cm³/mol. The summed E-state index contributed by atoms with van der Waals surface area (Å²) in [6.07, 6.45) is 7.02. The molecular formula is C22H24F4. The average molecular weight is 364 g/mol. The molecule has 2 aromatic rings. The van der Waals surface area contributed by atoms with Gasteiger partial charge in [0.25, 0.3) is 0 Å². The van der Waals surface area contributed by atoms with Gasteiger partial charge in [-0.05, 0) is 67.3 Å². The summed E-state index contributed by atoms with van der Waals surface area (Å²) in [6.45, 7) is 2.16. The molecule has 4 heteroatoms. The first-order valence-corrected chi connectivity index (χ1v) is 9.44. The highest BCUT2D eigenvalue weighted by molar-refractivity contribution is 5.65. The first-order valence-electron chi connectivity index (χ1n) is 9.44. The molecule has 3 rings (SSSR count). The maximum atomic E-state index is 14.7. The van der Waals surface area contributed by atoms with Gasteiger partial charge in [0, 0.05) is 5.56 Å². The average Bonchev–Trinajstić information content (AvgIpc) is 2.60. The Morgan fingerprint density at radius 2 is 1.42 bits per heavy atom. The summed E-state index contributed by atoms with van der Waals surface area (Å²) < 4.78 is 57.1. The van der Waals surface area contributed by atoms with Crippen LogP contribution in [0.15, 0.2) is 30.3 Å². The molecule has 0 amide bonds. The van der Waals surface area contributed by atoms with Crippen molar-refractivity contribution in [3.05, 3.63) is 59.2 Å². The van der Waals surface area contributed by atoms with E-state index >= 15 is 0 Å². The molecule has 2 aromatic carbocycles. The summed E-state index contributed by atoms with van der Waals surface area (Å²) in [4.78, 5) is 0. The van der Waals surface area contributed by atoms with Gasteiger partial charge in [-0.25, -0.2) is 17.6 Å². The molecular weight excluding hydrogens is 340 g/mol. The predicted octanol–water partition coefficient (Wildman–Crippen LogP) is 7.37. The lowest BCUT2D eigenvalue weighted by Crippen LogP contribution is -2.15. The van der Waals surface area contributed by atoms with Crippen LogP contribution in [0.2, 0.25) is 0 Å². The van der Waals surface area contributed by atoms with Crippen molar-refractivity contribution < 1.29 is 17.6 Å². The van der Waals surface area contributed by atoms with Crippen molar-refractivity contribution in [1.29, 1.82) is 0 Å². The van der Waals surface area contributed by atoms with Crippen LogP contribution in [0, 0.1) is 29.2 Å². The van der Waals surface area contributed by atoms with Gasteiger partial charge >= 0.3 is 0 Å². The molecule has 0 nitrogen and oxygen atoms in total. The second-order valence-corrected chi connectivity index (χ2v) is 7.31.